The Balaban J connectivity index is 1.26. The molecule has 4 rings (SSSR count). The first-order valence-corrected chi connectivity index (χ1v) is 10.6. The lowest BCUT2D eigenvalue weighted by Crippen LogP contribution is -2.48. The molecule has 2 fully saturated rings. The summed E-state index contributed by atoms with van der Waals surface area (Å²) in [7, 11) is 0. The molecule has 0 atom stereocenters. The van der Waals surface area contributed by atoms with Crippen molar-refractivity contribution >= 4 is 17.8 Å². The molecule has 0 spiro atoms. The van der Waals surface area contributed by atoms with Gasteiger partial charge < -0.3 is 9.80 Å². The van der Waals surface area contributed by atoms with Gasteiger partial charge in [-0.25, -0.2) is 0 Å². The van der Waals surface area contributed by atoms with E-state index in [4.69, 9.17) is 0 Å². The van der Waals surface area contributed by atoms with Crippen LogP contribution in [0.2, 0.25) is 0 Å². The molecule has 1 amide bonds. The Kier molecular flexibility index (Phi) is 6.52. The van der Waals surface area contributed by atoms with E-state index in [1.165, 1.54) is 24.8 Å². The average molecular weight is 392 g/mol. The van der Waals surface area contributed by atoms with Crippen molar-refractivity contribution in [2.24, 2.45) is 0 Å². The largest absolute Gasteiger partial charge is 0.355 e. The van der Waals surface area contributed by atoms with E-state index in [0.29, 0.717) is 5.69 Å². The number of hydrogen-bond acceptors (Lipinski definition) is 5. The van der Waals surface area contributed by atoms with E-state index in [2.05, 4.69) is 44.3 Å². The van der Waals surface area contributed by atoms with Crippen molar-refractivity contribution in [2.75, 3.05) is 50.7 Å². The quantitative estimate of drug-likeness (QED) is 0.784. The molecular formula is C23H29N5O. The second-order valence-electron chi connectivity index (χ2n) is 7.73. The molecule has 6 heteroatoms. The summed E-state index contributed by atoms with van der Waals surface area (Å²) in [6.07, 6.45) is 8.03. The van der Waals surface area contributed by atoms with Gasteiger partial charge in [0.1, 0.15) is 0 Å². The zero-order valence-electron chi connectivity index (χ0n) is 16.9. The molecule has 2 aromatic rings. The highest BCUT2D eigenvalue weighted by Crippen LogP contribution is 2.17. The summed E-state index contributed by atoms with van der Waals surface area (Å²) in [6.45, 7) is 6.18. The minimum atomic E-state index is -0.0119. The topological polar surface area (TPSA) is 52.6 Å². The van der Waals surface area contributed by atoms with Crippen molar-refractivity contribution in [3.05, 3.63) is 59.8 Å². The van der Waals surface area contributed by atoms with Crippen LogP contribution < -0.4 is 4.90 Å². The van der Waals surface area contributed by atoms with Gasteiger partial charge in [-0.2, -0.15) is 0 Å². The second-order valence-corrected chi connectivity index (χ2v) is 7.73. The van der Waals surface area contributed by atoms with Crippen LogP contribution in [0.1, 0.15) is 35.3 Å². The predicted octanol–water partition coefficient (Wildman–Crippen LogP) is 2.94. The monoisotopic (exact) mass is 391 g/mol. The van der Waals surface area contributed by atoms with Gasteiger partial charge in [-0.1, -0.05) is 42.5 Å². The molecule has 1 aromatic carbocycles. The van der Waals surface area contributed by atoms with Gasteiger partial charge in [0.2, 0.25) is 0 Å². The molecule has 0 aliphatic carbocycles. The number of piperazine rings is 1. The Morgan fingerprint density at radius 3 is 2.31 bits per heavy atom. The fraction of sp³-hybridized carbons (Fsp3) is 0.435. The van der Waals surface area contributed by atoms with Crippen molar-refractivity contribution in [1.29, 1.82) is 0 Å². The smallest absolute Gasteiger partial charge is 0.274 e. The molecule has 3 heterocycles. The Bertz CT molecular complexity index is 807. The van der Waals surface area contributed by atoms with E-state index in [-0.39, 0.29) is 5.91 Å². The van der Waals surface area contributed by atoms with Gasteiger partial charge in [-0.3, -0.25) is 9.69 Å². The van der Waals surface area contributed by atoms with Gasteiger partial charge in [-0.05, 0) is 37.0 Å². The highest BCUT2D eigenvalue weighted by Gasteiger charge is 2.23. The maximum Gasteiger partial charge on any atom is 0.274 e. The molecule has 0 unspecified atom stereocenters. The van der Waals surface area contributed by atoms with Crippen molar-refractivity contribution in [2.45, 2.75) is 19.3 Å². The molecule has 2 aliphatic rings. The van der Waals surface area contributed by atoms with Gasteiger partial charge in [0, 0.05) is 45.8 Å². The third-order valence-corrected chi connectivity index (χ3v) is 5.68. The van der Waals surface area contributed by atoms with Crippen LogP contribution in [-0.4, -0.2) is 71.7 Å². The fourth-order valence-corrected chi connectivity index (χ4v) is 3.93. The minimum absolute atomic E-state index is 0.0119. The Labute approximate surface area is 172 Å². The number of nitrogens with zero attached hydrogens (tertiary/aromatic N) is 5. The zero-order chi connectivity index (χ0) is 19.9. The summed E-state index contributed by atoms with van der Waals surface area (Å²) in [5, 5.41) is 8.53. The van der Waals surface area contributed by atoms with Gasteiger partial charge in [0.25, 0.3) is 5.91 Å². The summed E-state index contributed by atoms with van der Waals surface area (Å²) >= 11 is 0. The average Bonchev–Trinajstić information content (AvgIpc) is 2.80. The van der Waals surface area contributed by atoms with E-state index in [1.54, 1.807) is 0 Å². The standard InChI is InChI=1S/C23H29N5O/c29-23(21-11-12-22(25-24-21)27-14-5-2-6-15-27)28-18-16-26(17-19-28)13-7-10-20-8-3-1-4-9-20/h1,3-4,7-12H,2,5-6,13-19H2/b10-7+. The van der Waals surface area contributed by atoms with E-state index < -0.39 is 0 Å². The van der Waals surface area contributed by atoms with Crippen LogP contribution in [0, 0.1) is 0 Å². The molecule has 0 radical (unpaired) electrons. The Morgan fingerprint density at radius 1 is 0.862 bits per heavy atom. The predicted molar refractivity (Wildman–Crippen MR) is 116 cm³/mol. The van der Waals surface area contributed by atoms with Gasteiger partial charge >= 0.3 is 0 Å². The van der Waals surface area contributed by atoms with E-state index >= 15 is 0 Å². The van der Waals surface area contributed by atoms with Crippen molar-refractivity contribution in [3.63, 3.8) is 0 Å². The van der Waals surface area contributed by atoms with Crippen LogP contribution in [0.3, 0.4) is 0 Å². The van der Waals surface area contributed by atoms with Crippen LogP contribution in [0.25, 0.3) is 6.08 Å². The number of carbonyl (C=O) groups excluding carboxylic acids is 1. The number of anilines is 1. The first kappa shape index (κ1) is 19.6. The number of benzene rings is 1. The molecule has 2 aliphatic heterocycles. The molecule has 152 valence electrons. The normalized spacial score (nSPS) is 18.3. The number of aromatic nitrogens is 2. The van der Waals surface area contributed by atoms with Crippen molar-refractivity contribution in [1.82, 2.24) is 20.0 Å². The highest BCUT2D eigenvalue weighted by atomic mass is 16.2. The first-order chi connectivity index (χ1) is 14.3. The molecule has 29 heavy (non-hydrogen) atoms. The lowest BCUT2D eigenvalue weighted by molar-refractivity contribution is 0.0643. The third-order valence-electron chi connectivity index (χ3n) is 5.68. The Morgan fingerprint density at radius 2 is 1.62 bits per heavy atom. The van der Waals surface area contributed by atoms with Crippen molar-refractivity contribution in [3.8, 4) is 0 Å². The highest BCUT2D eigenvalue weighted by molar-refractivity contribution is 5.92. The van der Waals surface area contributed by atoms with Crippen LogP contribution in [0.15, 0.2) is 48.5 Å². The first-order valence-electron chi connectivity index (χ1n) is 10.6. The number of hydrogen-bond donors (Lipinski definition) is 0. The molecule has 6 nitrogen and oxygen atoms in total. The molecule has 0 saturated carbocycles. The lowest BCUT2D eigenvalue weighted by atomic mass is 10.1. The molecule has 1 aromatic heterocycles. The fourth-order valence-electron chi connectivity index (χ4n) is 3.93. The minimum Gasteiger partial charge on any atom is -0.355 e. The van der Waals surface area contributed by atoms with Crippen LogP contribution in [0.4, 0.5) is 5.82 Å². The molecule has 0 bridgehead atoms. The zero-order valence-corrected chi connectivity index (χ0v) is 16.9. The summed E-state index contributed by atoms with van der Waals surface area (Å²) in [5.41, 5.74) is 1.66. The van der Waals surface area contributed by atoms with E-state index in [9.17, 15) is 4.79 Å². The maximum atomic E-state index is 12.8. The van der Waals surface area contributed by atoms with Gasteiger partial charge in [0.05, 0.1) is 0 Å². The third kappa shape index (κ3) is 5.21. The molecular weight excluding hydrogens is 362 g/mol. The lowest BCUT2D eigenvalue weighted by Gasteiger charge is -2.34. The number of carbonyl (C=O) groups is 1. The molecule has 2 saturated heterocycles. The summed E-state index contributed by atoms with van der Waals surface area (Å²) < 4.78 is 0. The SMILES string of the molecule is O=C(c1ccc(N2CCCCC2)nn1)N1CCN(C/C=C/c2ccccc2)CC1. The number of amides is 1. The van der Waals surface area contributed by atoms with Crippen molar-refractivity contribution < 1.29 is 4.79 Å². The Hall–Kier alpha value is -2.73. The summed E-state index contributed by atoms with van der Waals surface area (Å²) in [5.74, 6) is 0.874. The number of piperidine rings is 1. The maximum absolute atomic E-state index is 12.8. The van der Waals surface area contributed by atoms with Gasteiger partial charge in [-0.15, -0.1) is 10.2 Å². The second kappa shape index (κ2) is 9.65. The van der Waals surface area contributed by atoms with E-state index in [1.807, 2.05) is 35.2 Å². The number of rotatable bonds is 5. The van der Waals surface area contributed by atoms with Crippen LogP contribution in [-0.2, 0) is 0 Å². The van der Waals surface area contributed by atoms with Crippen LogP contribution >= 0.6 is 0 Å². The van der Waals surface area contributed by atoms with Gasteiger partial charge in [0.15, 0.2) is 11.5 Å². The van der Waals surface area contributed by atoms with Crippen LogP contribution in [0.5, 0.6) is 0 Å². The molecule has 0 N–H and O–H groups in total. The van der Waals surface area contributed by atoms with E-state index in [0.717, 1.165) is 51.6 Å². The summed E-state index contributed by atoms with van der Waals surface area (Å²) in [6, 6.07) is 14.1. The summed E-state index contributed by atoms with van der Waals surface area (Å²) in [4.78, 5) is 19.3.